The molecule has 1 nitrogen and oxygen atoms in total. The molecule has 0 bridgehead atoms. The first-order valence-corrected chi connectivity index (χ1v) is 8.27. The van der Waals surface area contributed by atoms with Crippen LogP contribution in [0, 0.1) is 6.92 Å². The van der Waals surface area contributed by atoms with Crippen molar-refractivity contribution in [3.05, 3.63) is 65.2 Å². The Hall–Kier alpha value is -1.25. The molecule has 0 amide bonds. The molecule has 2 unspecified atom stereocenters. The van der Waals surface area contributed by atoms with Crippen molar-refractivity contribution < 1.29 is 0 Å². The van der Waals surface area contributed by atoms with Crippen molar-refractivity contribution in [1.82, 2.24) is 5.32 Å². The Kier molecular flexibility index (Phi) is 4.13. The van der Waals surface area contributed by atoms with Gasteiger partial charge in [-0.3, -0.25) is 0 Å². The highest BCUT2D eigenvalue weighted by Gasteiger charge is 2.21. The van der Waals surface area contributed by atoms with E-state index in [1.165, 1.54) is 33.8 Å². The zero-order valence-corrected chi connectivity index (χ0v) is 12.9. The topological polar surface area (TPSA) is 12.0 Å². The molecule has 1 aliphatic heterocycles. The number of fused-ring (bicyclic) bond motifs is 1. The van der Waals surface area contributed by atoms with Gasteiger partial charge < -0.3 is 5.32 Å². The fourth-order valence-corrected chi connectivity index (χ4v) is 3.98. The van der Waals surface area contributed by atoms with E-state index in [1.807, 2.05) is 11.8 Å². The van der Waals surface area contributed by atoms with Crippen LogP contribution in [0.25, 0.3) is 0 Å². The van der Waals surface area contributed by atoms with Gasteiger partial charge in [0.1, 0.15) is 0 Å². The van der Waals surface area contributed by atoms with E-state index in [2.05, 4.69) is 67.7 Å². The largest absolute Gasteiger partial charge is 0.303 e. The molecule has 1 heterocycles. The van der Waals surface area contributed by atoms with Crippen molar-refractivity contribution in [2.24, 2.45) is 0 Å². The molecule has 0 saturated carbocycles. The van der Waals surface area contributed by atoms with E-state index in [4.69, 9.17) is 0 Å². The molecule has 0 spiro atoms. The molecule has 3 rings (SSSR count). The normalized spacial score (nSPS) is 19.4. The molecule has 0 saturated heterocycles. The molecule has 1 aliphatic rings. The van der Waals surface area contributed by atoms with Gasteiger partial charge in [-0.1, -0.05) is 48.0 Å². The fourth-order valence-electron chi connectivity index (χ4n) is 2.85. The average Bonchev–Trinajstić information content (AvgIpc) is 2.47. The van der Waals surface area contributed by atoms with Gasteiger partial charge in [-0.25, -0.2) is 0 Å². The highest BCUT2D eigenvalue weighted by Crippen LogP contribution is 2.37. The standard InChI is InChI=1S/C18H21NS/c1-13-6-5-7-15(12-13)14(2)19-17-10-11-20-18-9-4-3-8-16(17)18/h3-9,12,14,17,19H,10-11H2,1-2H3. The molecular formula is C18H21NS. The van der Waals surface area contributed by atoms with Crippen LogP contribution in [0.2, 0.25) is 0 Å². The molecule has 20 heavy (non-hydrogen) atoms. The third-order valence-electron chi connectivity index (χ3n) is 3.95. The van der Waals surface area contributed by atoms with Gasteiger partial charge in [0.15, 0.2) is 0 Å². The van der Waals surface area contributed by atoms with Gasteiger partial charge in [0.2, 0.25) is 0 Å². The first-order valence-electron chi connectivity index (χ1n) is 7.28. The van der Waals surface area contributed by atoms with E-state index in [9.17, 15) is 0 Å². The first kappa shape index (κ1) is 13.7. The van der Waals surface area contributed by atoms with E-state index < -0.39 is 0 Å². The van der Waals surface area contributed by atoms with Crippen LogP contribution in [-0.4, -0.2) is 5.75 Å². The highest BCUT2D eigenvalue weighted by atomic mass is 32.2. The molecule has 0 fully saturated rings. The molecule has 1 N–H and O–H groups in total. The van der Waals surface area contributed by atoms with Crippen LogP contribution in [0.1, 0.15) is 42.1 Å². The number of hydrogen-bond donors (Lipinski definition) is 1. The lowest BCUT2D eigenvalue weighted by Gasteiger charge is -2.29. The summed E-state index contributed by atoms with van der Waals surface area (Å²) in [6, 6.07) is 18.5. The molecule has 0 radical (unpaired) electrons. The summed E-state index contributed by atoms with van der Waals surface area (Å²) in [5.74, 6) is 1.20. The van der Waals surface area contributed by atoms with E-state index in [0.717, 1.165) is 0 Å². The van der Waals surface area contributed by atoms with E-state index >= 15 is 0 Å². The molecule has 2 atom stereocenters. The van der Waals surface area contributed by atoms with Gasteiger partial charge in [0, 0.05) is 17.0 Å². The Morgan fingerprint density at radius 2 is 2.00 bits per heavy atom. The van der Waals surface area contributed by atoms with E-state index in [1.54, 1.807) is 0 Å². The Morgan fingerprint density at radius 3 is 2.85 bits per heavy atom. The Bertz CT molecular complexity index is 593. The minimum absolute atomic E-state index is 0.385. The molecule has 104 valence electrons. The third-order valence-corrected chi connectivity index (χ3v) is 5.07. The SMILES string of the molecule is Cc1cccc(C(C)NC2CCSc3ccccc32)c1. The third kappa shape index (κ3) is 2.92. The minimum atomic E-state index is 0.385. The predicted molar refractivity (Wildman–Crippen MR) is 87.3 cm³/mol. The number of rotatable bonds is 3. The monoisotopic (exact) mass is 283 g/mol. The van der Waals surface area contributed by atoms with Crippen LogP contribution in [0.15, 0.2) is 53.4 Å². The summed E-state index contributed by atoms with van der Waals surface area (Å²) in [4.78, 5) is 1.44. The van der Waals surface area contributed by atoms with Gasteiger partial charge in [0.25, 0.3) is 0 Å². The molecule has 0 aromatic heterocycles. The van der Waals surface area contributed by atoms with Gasteiger partial charge in [-0.2, -0.15) is 0 Å². The zero-order valence-electron chi connectivity index (χ0n) is 12.1. The van der Waals surface area contributed by atoms with E-state index in [-0.39, 0.29) is 0 Å². The lowest BCUT2D eigenvalue weighted by Crippen LogP contribution is -2.27. The number of aryl methyl sites for hydroxylation is 1. The van der Waals surface area contributed by atoms with Crippen molar-refractivity contribution >= 4 is 11.8 Å². The fraction of sp³-hybridized carbons (Fsp3) is 0.333. The van der Waals surface area contributed by atoms with Gasteiger partial charge in [0.05, 0.1) is 0 Å². The predicted octanol–water partition coefficient (Wildman–Crippen LogP) is 4.88. The summed E-state index contributed by atoms with van der Waals surface area (Å²) < 4.78 is 0. The minimum Gasteiger partial charge on any atom is -0.303 e. The van der Waals surface area contributed by atoms with Crippen molar-refractivity contribution in [2.75, 3.05) is 5.75 Å². The maximum atomic E-state index is 3.81. The second kappa shape index (κ2) is 6.02. The van der Waals surface area contributed by atoms with Gasteiger partial charge in [-0.15, -0.1) is 11.8 Å². The summed E-state index contributed by atoms with van der Waals surface area (Å²) in [7, 11) is 0. The second-order valence-corrected chi connectivity index (χ2v) is 6.67. The number of thioether (sulfide) groups is 1. The highest BCUT2D eigenvalue weighted by molar-refractivity contribution is 7.99. The summed E-state index contributed by atoms with van der Waals surface area (Å²) in [5.41, 5.74) is 4.17. The van der Waals surface area contributed by atoms with Crippen LogP contribution < -0.4 is 5.32 Å². The van der Waals surface area contributed by atoms with Crippen LogP contribution in [0.3, 0.4) is 0 Å². The Balaban J connectivity index is 1.79. The summed E-state index contributed by atoms with van der Waals surface area (Å²) >= 11 is 1.98. The second-order valence-electron chi connectivity index (χ2n) is 5.53. The smallest absolute Gasteiger partial charge is 0.0344 e. The molecule has 2 aromatic carbocycles. The van der Waals surface area contributed by atoms with Gasteiger partial charge in [-0.05, 0) is 43.2 Å². The van der Waals surface area contributed by atoms with Crippen molar-refractivity contribution in [3.8, 4) is 0 Å². The van der Waals surface area contributed by atoms with Crippen molar-refractivity contribution in [2.45, 2.75) is 37.2 Å². The number of nitrogens with one attached hydrogen (secondary N) is 1. The lowest BCUT2D eigenvalue weighted by atomic mass is 10.00. The molecular weight excluding hydrogens is 262 g/mol. The Morgan fingerprint density at radius 1 is 1.15 bits per heavy atom. The number of benzene rings is 2. The van der Waals surface area contributed by atoms with Crippen molar-refractivity contribution in [1.29, 1.82) is 0 Å². The van der Waals surface area contributed by atoms with Crippen LogP contribution >= 0.6 is 11.8 Å². The van der Waals surface area contributed by atoms with Crippen LogP contribution in [0.5, 0.6) is 0 Å². The lowest BCUT2D eigenvalue weighted by molar-refractivity contribution is 0.450. The number of hydrogen-bond acceptors (Lipinski definition) is 2. The summed E-state index contributed by atoms with van der Waals surface area (Å²) in [5, 5.41) is 3.81. The molecule has 0 aliphatic carbocycles. The molecule has 2 heteroatoms. The quantitative estimate of drug-likeness (QED) is 0.861. The molecule has 2 aromatic rings. The van der Waals surface area contributed by atoms with Crippen molar-refractivity contribution in [3.63, 3.8) is 0 Å². The summed E-state index contributed by atoms with van der Waals surface area (Å²) in [6.07, 6.45) is 1.21. The maximum Gasteiger partial charge on any atom is 0.0344 e. The summed E-state index contributed by atoms with van der Waals surface area (Å²) in [6.45, 7) is 4.42. The van der Waals surface area contributed by atoms with Crippen LogP contribution in [-0.2, 0) is 0 Å². The van der Waals surface area contributed by atoms with Crippen LogP contribution in [0.4, 0.5) is 0 Å². The van der Waals surface area contributed by atoms with Gasteiger partial charge >= 0.3 is 0 Å². The maximum absolute atomic E-state index is 3.81. The average molecular weight is 283 g/mol. The van der Waals surface area contributed by atoms with E-state index in [0.29, 0.717) is 12.1 Å². The zero-order chi connectivity index (χ0) is 13.9. The Labute approximate surface area is 125 Å². The first-order chi connectivity index (χ1) is 9.74.